The highest BCUT2D eigenvalue weighted by atomic mass is 19.4. The summed E-state index contributed by atoms with van der Waals surface area (Å²) in [6.07, 6.45) is 2.70. The van der Waals surface area contributed by atoms with Crippen molar-refractivity contribution >= 4 is 0 Å². The highest BCUT2D eigenvalue weighted by molar-refractivity contribution is 5.67. The summed E-state index contributed by atoms with van der Waals surface area (Å²) in [5.74, 6) is 0.906. The van der Waals surface area contributed by atoms with Crippen molar-refractivity contribution in [2.45, 2.75) is 51.2 Å². The number of halogens is 3. The first-order chi connectivity index (χ1) is 15.8. The Labute approximate surface area is 188 Å². The normalized spacial score (nSPS) is 15.9. The minimum atomic E-state index is -4.57. The number of nitrogens with one attached hydrogen (secondary N) is 1. The molecule has 4 aromatic rings. The molecule has 0 amide bonds. The number of nitrogens with zero attached hydrogens (tertiary/aromatic N) is 5. The summed E-state index contributed by atoms with van der Waals surface area (Å²) in [4.78, 5) is 8.77. The summed E-state index contributed by atoms with van der Waals surface area (Å²) in [5, 5.41) is 8.89. The van der Waals surface area contributed by atoms with Gasteiger partial charge in [-0.25, -0.2) is 4.98 Å². The summed E-state index contributed by atoms with van der Waals surface area (Å²) in [5.41, 5.74) is 4.43. The molecule has 6 nitrogen and oxygen atoms in total. The number of hydrogen-bond donors (Lipinski definition) is 1. The monoisotopic (exact) mass is 452 g/mol. The Morgan fingerprint density at radius 3 is 2.79 bits per heavy atom. The molecule has 0 aliphatic heterocycles. The third-order valence-corrected chi connectivity index (χ3v) is 6.25. The molecular weight excluding hydrogens is 429 g/mol. The lowest BCUT2D eigenvalue weighted by Crippen LogP contribution is -2.07. The van der Waals surface area contributed by atoms with Gasteiger partial charge in [0.05, 0.1) is 12.0 Å². The van der Waals surface area contributed by atoms with Crippen LogP contribution in [0, 0.1) is 0 Å². The van der Waals surface area contributed by atoms with Gasteiger partial charge in [-0.3, -0.25) is 10.1 Å². The van der Waals surface area contributed by atoms with Crippen LogP contribution in [0.2, 0.25) is 0 Å². The highest BCUT2D eigenvalue weighted by Gasteiger charge is 2.37. The van der Waals surface area contributed by atoms with E-state index in [1.165, 1.54) is 29.0 Å². The lowest BCUT2D eigenvalue weighted by molar-refractivity contribution is -0.140. The van der Waals surface area contributed by atoms with E-state index in [0.29, 0.717) is 23.2 Å². The molecule has 0 saturated heterocycles. The fourth-order valence-corrected chi connectivity index (χ4v) is 4.69. The van der Waals surface area contributed by atoms with Gasteiger partial charge in [-0.1, -0.05) is 37.3 Å². The number of imidazole rings is 1. The Hall–Kier alpha value is -3.49. The van der Waals surface area contributed by atoms with Crippen molar-refractivity contribution < 1.29 is 13.2 Å². The molecule has 1 aliphatic carbocycles. The molecule has 0 bridgehead atoms. The third-order valence-electron chi connectivity index (χ3n) is 6.25. The number of rotatable bonds is 5. The van der Waals surface area contributed by atoms with Gasteiger partial charge in [-0.2, -0.15) is 13.2 Å². The fourth-order valence-electron chi connectivity index (χ4n) is 4.69. The molecule has 33 heavy (non-hydrogen) atoms. The first-order valence-electron chi connectivity index (χ1n) is 10.9. The number of fused-ring (bicyclic) bond motifs is 1. The zero-order valence-corrected chi connectivity index (χ0v) is 18.3. The van der Waals surface area contributed by atoms with Gasteiger partial charge < -0.3 is 4.57 Å². The number of hydrogen-bond acceptors (Lipinski definition) is 4. The molecule has 1 atom stereocenters. The van der Waals surface area contributed by atoms with E-state index in [4.69, 9.17) is 0 Å². The largest absolute Gasteiger partial charge is 0.435 e. The lowest BCUT2D eigenvalue weighted by atomic mass is 9.93. The topological polar surface area (TPSA) is 72.3 Å². The van der Waals surface area contributed by atoms with Crippen LogP contribution in [0.3, 0.4) is 0 Å². The van der Waals surface area contributed by atoms with Crippen molar-refractivity contribution in [2.24, 2.45) is 0 Å². The van der Waals surface area contributed by atoms with E-state index in [9.17, 15) is 13.2 Å². The van der Waals surface area contributed by atoms with Crippen molar-refractivity contribution in [3.63, 3.8) is 0 Å². The molecule has 170 valence electrons. The quantitative estimate of drug-likeness (QED) is 0.428. The Morgan fingerprint density at radius 1 is 1.15 bits per heavy atom. The van der Waals surface area contributed by atoms with Gasteiger partial charge in [0.2, 0.25) is 0 Å². The van der Waals surface area contributed by atoms with Crippen LogP contribution < -0.4 is 0 Å². The van der Waals surface area contributed by atoms with Crippen LogP contribution in [-0.2, 0) is 19.1 Å². The number of H-pyrrole nitrogens is 1. The molecule has 0 radical (unpaired) electrons. The number of aromatic nitrogens is 6. The van der Waals surface area contributed by atoms with Crippen LogP contribution >= 0.6 is 0 Å². The summed E-state index contributed by atoms with van der Waals surface area (Å²) in [6, 6.07) is 9.62. The van der Waals surface area contributed by atoms with Gasteiger partial charge in [0.1, 0.15) is 11.4 Å². The standard InChI is InChI=1S/C24H23F3N6/c1-14(2)17-4-3-5-18-16(6-7-19(17)18)11-33-12-21(29-13-33)20-10-15(8-9-28-20)22-23(24(25,26)27)31-32-30-22/h3-5,8-10,12-14,16H,6-7,11H2,1-2H3,(H,30,31,32). The van der Waals surface area contributed by atoms with E-state index in [2.05, 4.69) is 52.3 Å². The Bertz CT molecular complexity index is 1290. The number of benzene rings is 1. The lowest BCUT2D eigenvalue weighted by Gasteiger charge is -2.15. The second-order valence-corrected chi connectivity index (χ2v) is 8.72. The molecule has 1 unspecified atom stereocenters. The zero-order chi connectivity index (χ0) is 23.2. The van der Waals surface area contributed by atoms with Gasteiger partial charge >= 0.3 is 6.18 Å². The molecular formula is C24H23F3N6. The summed E-state index contributed by atoms with van der Waals surface area (Å²) >= 11 is 0. The zero-order valence-electron chi connectivity index (χ0n) is 18.3. The van der Waals surface area contributed by atoms with Crippen LogP contribution in [0.25, 0.3) is 22.6 Å². The molecule has 9 heteroatoms. The van der Waals surface area contributed by atoms with Gasteiger partial charge in [-0.05, 0) is 47.6 Å². The van der Waals surface area contributed by atoms with E-state index in [1.807, 2.05) is 15.9 Å². The Balaban J connectivity index is 1.39. The summed E-state index contributed by atoms with van der Waals surface area (Å²) in [6.45, 7) is 5.24. The Morgan fingerprint density at radius 2 is 2.00 bits per heavy atom. The average Bonchev–Trinajstić information content (AvgIpc) is 3.53. The van der Waals surface area contributed by atoms with Crippen LogP contribution in [0.1, 0.15) is 54.5 Å². The molecule has 3 aromatic heterocycles. The first kappa shape index (κ1) is 21.4. The summed E-state index contributed by atoms with van der Waals surface area (Å²) in [7, 11) is 0. The van der Waals surface area contributed by atoms with E-state index in [1.54, 1.807) is 12.4 Å². The summed E-state index contributed by atoms with van der Waals surface area (Å²) < 4.78 is 41.7. The van der Waals surface area contributed by atoms with Crippen molar-refractivity contribution in [1.29, 1.82) is 0 Å². The molecule has 0 spiro atoms. The number of alkyl halides is 3. The SMILES string of the molecule is CC(C)c1cccc2c1CCC2Cn1cnc(-c2cc(-c3nn[nH]c3C(F)(F)F)ccn2)c1. The second-order valence-electron chi connectivity index (χ2n) is 8.72. The molecule has 3 heterocycles. The molecule has 0 saturated carbocycles. The minimum absolute atomic E-state index is 0.255. The van der Waals surface area contributed by atoms with Crippen LogP contribution in [0.5, 0.6) is 0 Å². The average molecular weight is 452 g/mol. The molecule has 1 aromatic carbocycles. The minimum Gasteiger partial charge on any atom is -0.336 e. The molecule has 1 aliphatic rings. The predicted octanol–water partition coefficient (Wildman–Crippen LogP) is 5.60. The predicted molar refractivity (Wildman–Crippen MR) is 117 cm³/mol. The Kier molecular flexibility index (Phi) is 5.26. The molecule has 1 N–H and O–H groups in total. The van der Waals surface area contributed by atoms with Gasteiger partial charge in [-0.15, -0.1) is 5.10 Å². The number of pyridine rings is 1. The number of aromatic amines is 1. The van der Waals surface area contributed by atoms with Crippen LogP contribution in [-0.4, -0.2) is 29.9 Å². The fraction of sp³-hybridized carbons (Fsp3) is 0.333. The first-order valence-corrected chi connectivity index (χ1v) is 10.9. The van der Waals surface area contributed by atoms with Gasteiger partial charge in [0, 0.05) is 30.4 Å². The van der Waals surface area contributed by atoms with Crippen molar-refractivity contribution in [3.8, 4) is 22.6 Å². The van der Waals surface area contributed by atoms with Crippen LogP contribution in [0.15, 0.2) is 49.1 Å². The van der Waals surface area contributed by atoms with Crippen molar-refractivity contribution in [3.05, 3.63) is 71.4 Å². The van der Waals surface area contributed by atoms with E-state index < -0.39 is 11.9 Å². The van der Waals surface area contributed by atoms with Gasteiger partial charge in [0.15, 0.2) is 5.69 Å². The molecule has 0 fully saturated rings. The van der Waals surface area contributed by atoms with E-state index in [0.717, 1.165) is 19.4 Å². The van der Waals surface area contributed by atoms with Crippen LogP contribution in [0.4, 0.5) is 13.2 Å². The maximum Gasteiger partial charge on any atom is 0.435 e. The van der Waals surface area contributed by atoms with Gasteiger partial charge in [0.25, 0.3) is 0 Å². The maximum absolute atomic E-state index is 13.2. The van der Waals surface area contributed by atoms with Crippen molar-refractivity contribution in [1.82, 2.24) is 29.9 Å². The van der Waals surface area contributed by atoms with E-state index >= 15 is 0 Å². The second kappa shape index (κ2) is 8.13. The maximum atomic E-state index is 13.2. The smallest absolute Gasteiger partial charge is 0.336 e. The molecule has 5 rings (SSSR count). The van der Waals surface area contributed by atoms with E-state index in [-0.39, 0.29) is 11.3 Å². The highest BCUT2D eigenvalue weighted by Crippen LogP contribution is 2.39. The third kappa shape index (κ3) is 4.03. The van der Waals surface area contributed by atoms with Crippen molar-refractivity contribution in [2.75, 3.05) is 0 Å².